The van der Waals surface area contributed by atoms with Crippen molar-refractivity contribution in [3.8, 4) is 0 Å². The highest BCUT2D eigenvalue weighted by Gasteiger charge is 2.21. The zero-order valence-corrected chi connectivity index (χ0v) is 13.2. The first-order chi connectivity index (χ1) is 9.06. The van der Waals surface area contributed by atoms with Crippen LogP contribution in [-0.2, 0) is 0 Å². The molecule has 0 spiro atoms. The van der Waals surface area contributed by atoms with E-state index in [1.807, 2.05) is 31.2 Å². The lowest BCUT2D eigenvalue weighted by atomic mass is 10.1. The van der Waals surface area contributed by atoms with Crippen LogP contribution >= 0.6 is 31.9 Å². The molecule has 0 fully saturated rings. The van der Waals surface area contributed by atoms with Gasteiger partial charge in [-0.1, -0.05) is 18.2 Å². The number of para-hydroxylation sites is 1. The second-order valence-corrected chi connectivity index (χ2v) is 5.89. The zero-order chi connectivity index (χ0) is 13.6. The molecule has 0 bridgehead atoms. The molecule has 0 radical (unpaired) electrons. The molecule has 0 aliphatic heterocycles. The maximum Gasteiger partial charge on any atom is 0.183 e. The summed E-state index contributed by atoms with van der Waals surface area (Å²) in [5.41, 5.74) is 1.83. The van der Waals surface area contributed by atoms with Gasteiger partial charge in [0.25, 0.3) is 0 Å². The van der Waals surface area contributed by atoms with Crippen molar-refractivity contribution in [2.45, 2.75) is 13.0 Å². The predicted octanol–water partition coefficient (Wildman–Crippen LogP) is 4.94. The molecule has 0 aliphatic carbocycles. The molecule has 3 aromatic rings. The Labute approximate surface area is 126 Å². The van der Waals surface area contributed by atoms with Gasteiger partial charge in [0.15, 0.2) is 10.8 Å². The van der Waals surface area contributed by atoms with Crippen molar-refractivity contribution in [2.24, 2.45) is 0 Å². The lowest BCUT2D eigenvalue weighted by Gasteiger charge is -2.02. The van der Waals surface area contributed by atoms with Crippen molar-refractivity contribution in [2.75, 3.05) is 0 Å². The number of halogens is 2. The van der Waals surface area contributed by atoms with Crippen LogP contribution in [0.25, 0.3) is 11.0 Å². The molecule has 0 saturated heterocycles. The van der Waals surface area contributed by atoms with Gasteiger partial charge in [0.05, 0.1) is 4.47 Å². The summed E-state index contributed by atoms with van der Waals surface area (Å²) in [5, 5.41) is 11.3. The van der Waals surface area contributed by atoms with Crippen LogP contribution in [0.4, 0.5) is 0 Å². The summed E-state index contributed by atoms with van der Waals surface area (Å²) in [7, 11) is 0. The molecule has 0 saturated carbocycles. The van der Waals surface area contributed by atoms with E-state index in [1.165, 1.54) is 0 Å². The van der Waals surface area contributed by atoms with Crippen molar-refractivity contribution in [3.05, 3.63) is 56.6 Å². The van der Waals surface area contributed by atoms with Gasteiger partial charge in [-0.05, 0) is 56.5 Å². The maximum atomic E-state index is 10.3. The standard InChI is InChI=1S/C14H10Br2O3/c1-7-3-2-4-8-5-10(18-13(7)8)12(17)11-6-9(15)14(16)19-11/h2-6,12,17H,1H3. The van der Waals surface area contributed by atoms with Crippen molar-refractivity contribution in [1.82, 2.24) is 0 Å². The van der Waals surface area contributed by atoms with Crippen molar-refractivity contribution in [1.29, 1.82) is 0 Å². The van der Waals surface area contributed by atoms with Crippen LogP contribution in [0.5, 0.6) is 0 Å². The van der Waals surface area contributed by atoms with Crippen molar-refractivity contribution >= 4 is 42.8 Å². The Morgan fingerprint density at radius 3 is 2.47 bits per heavy atom. The molecule has 1 N–H and O–H groups in total. The second-order valence-electron chi connectivity index (χ2n) is 4.31. The molecule has 1 atom stereocenters. The van der Waals surface area contributed by atoms with E-state index in [0.29, 0.717) is 16.2 Å². The number of aliphatic hydroxyl groups excluding tert-OH is 1. The molecule has 2 aromatic heterocycles. The van der Waals surface area contributed by atoms with Gasteiger partial charge in [-0.3, -0.25) is 0 Å². The third-order valence-corrected chi connectivity index (χ3v) is 4.67. The van der Waals surface area contributed by atoms with E-state index in [4.69, 9.17) is 8.83 Å². The largest absolute Gasteiger partial charge is 0.458 e. The van der Waals surface area contributed by atoms with Gasteiger partial charge in [-0.15, -0.1) is 0 Å². The maximum absolute atomic E-state index is 10.3. The monoisotopic (exact) mass is 384 g/mol. The third-order valence-electron chi connectivity index (χ3n) is 2.96. The van der Waals surface area contributed by atoms with Gasteiger partial charge < -0.3 is 13.9 Å². The molecule has 0 amide bonds. The molecule has 0 aliphatic rings. The van der Waals surface area contributed by atoms with Gasteiger partial charge in [0.2, 0.25) is 0 Å². The Balaban J connectivity index is 2.06. The molecular formula is C14H10Br2O3. The smallest absolute Gasteiger partial charge is 0.183 e. The summed E-state index contributed by atoms with van der Waals surface area (Å²) in [6, 6.07) is 9.44. The van der Waals surface area contributed by atoms with Crippen LogP contribution in [-0.4, -0.2) is 5.11 Å². The van der Waals surface area contributed by atoms with Crippen molar-refractivity contribution in [3.63, 3.8) is 0 Å². The highest BCUT2D eigenvalue weighted by Crippen LogP contribution is 2.34. The van der Waals surface area contributed by atoms with Gasteiger partial charge in [-0.2, -0.15) is 0 Å². The lowest BCUT2D eigenvalue weighted by Crippen LogP contribution is -1.95. The summed E-state index contributed by atoms with van der Waals surface area (Å²) < 4.78 is 12.4. The zero-order valence-electron chi connectivity index (χ0n) is 9.98. The molecule has 2 heterocycles. The molecule has 98 valence electrons. The molecular weight excluding hydrogens is 376 g/mol. The SMILES string of the molecule is Cc1cccc2cc(C(O)c3cc(Br)c(Br)o3)oc12. The third kappa shape index (κ3) is 2.26. The average Bonchev–Trinajstić information content (AvgIpc) is 2.94. The Hall–Kier alpha value is -1.04. The van der Waals surface area contributed by atoms with E-state index in [-0.39, 0.29) is 0 Å². The van der Waals surface area contributed by atoms with Crippen molar-refractivity contribution < 1.29 is 13.9 Å². The van der Waals surface area contributed by atoms with E-state index in [1.54, 1.807) is 6.07 Å². The molecule has 1 aromatic carbocycles. The predicted molar refractivity (Wildman–Crippen MR) is 79.1 cm³/mol. The number of hydrogen-bond donors (Lipinski definition) is 1. The minimum atomic E-state index is -0.922. The van der Waals surface area contributed by atoms with Gasteiger partial charge in [-0.25, -0.2) is 0 Å². The Morgan fingerprint density at radius 2 is 1.84 bits per heavy atom. The first-order valence-electron chi connectivity index (χ1n) is 5.68. The molecule has 5 heteroatoms. The number of fused-ring (bicyclic) bond motifs is 1. The number of benzene rings is 1. The number of furan rings is 2. The number of aryl methyl sites for hydroxylation is 1. The summed E-state index contributed by atoms with van der Waals surface area (Å²) in [4.78, 5) is 0. The molecule has 1 unspecified atom stereocenters. The molecule has 3 nitrogen and oxygen atoms in total. The molecule has 19 heavy (non-hydrogen) atoms. The number of aliphatic hydroxyl groups is 1. The topological polar surface area (TPSA) is 46.5 Å². The van der Waals surface area contributed by atoms with E-state index in [9.17, 15) is 5.11 Å². The number of rotatable bonds is 2. The summed E-state index contributed by atoms with van der Waals surface area (Å²) >= 11 is 6.57. The second kappa shape index (κ2) is 4.81. The highest BCUT2D eigenvalue weighted by atomic mass is 79.9. The van der Waals surface area contributed by atoms with Crippen LogP contribution in [0.2, 0.25) is 0 Å². The van der Waals surface area contributed by atoms with E-state index in [0.717, 1.165) is 21.0 Å². The van der Waals surface area contributed by atoms with E-state index >= 15 is 0 Å². The Bertz CT molecular complexity index is 723. The van der Waals surface area contributed by atoms with Gasteiger partial charge in [0, 0.05) is 5.39 Å². The van der Waals surface area contributed by atoms with Gasteiger partial charge >= 0.3 is 0 Å². The highest BCUT2D eigenvalue weighted by molar-refractivity contribution is 9.13. The first kappa shape index (κ1) is 13.0. The minimum absolute atomic E-state index is 0.426. The molecule has 3 rings (SSSR count). The van der Waals surface area contributed by atoms with Crippen LogP contribution in [0, 0.1) is 6.92 Å². The lowest BCUT2D eigenvalue weighted by molar-refractivity contribution is 0.163. The van der Waals surface area contributed by atoms with E-state index < -0.39 is 6.10 Å². The fourth-order valence-electron chi connectivity index (χ4n) is 2.00. The van der Waals surface area contributed by atoms with E-state index in [2.05, 4.69) is 31.9 Å². The summed E-state index contributed by atoms with van der Waals surface area (Å²) in [6.07, 6.45) is -0.922. The fraction of sp³-hybridized carbons (Fsp3) is 0.143. The summed E-state index contributed by atoms with van der Waals surface area (Å²) in [5.74, 6) is 0.897. The Kier molecular flexibility index (Phi) is 3.28. The Morgan fingerprint density at radius 1 is 1.11 bits per heavy atom. The summed E-state index contributed by atoms with van der Waals surface area (Å²) in [6.45, 7) is 1.97. The van der Waals surface area contributed by atoms with Gasteiger partial charge in [0.1, 0.15) is 17.1 Å². The van der Waals surface area contributed by atoms with Crippen LogP contribution < -0.4 is 0 Å². The first-order valence-corrected chi connectivity index (χ1v) is 7.26. The quantitative estimate of drug-likeness (QED) is 0.679. The van der Waals surface area contributed by atoms with Crippen LogP contribution in [0.1, 0.15) is 23.2 Å². The normalized spacial score (nSPS) is 13.1. The minimum Gasteiger partial charge on any atom is -0.458 e. The average molecular weight is 386 g/mol. The van der Waals surface area contributed by atoms with Crippen LogP contribution in [0.3, 0.4) is 0 Å². The number of hydrogen-bond acceptors (Lipinski definition) is 3. The van der Waals surface area contributed by atoms with Crippen LogP contribution in [0.15, 0.2) is 48.3 Å². The fourth-order valence-corrected chi connectivity index (χ4v) is 2.61.